The highest BCUT2D eigenvalue weighted by molar-refractivity contribution is 5.45. The van der Waals surface area contributed by atoms with Crippen molar-refractivity contribution in [2.75, 3.05) is 19.8 Å². The van der Waals surface area contributed by atoms with Gasteiger partial charge < -0.3 is 9.47 Å². The summed E-state index contributed by atoms with van der Waals surface area (Å²) < 4.78 is 13.2. The van der Waals surface area contributed by atoms with Crippen LogP contribution in [0.25, 0.3) is 5.69 Å². The highest BCUT2D eigenvalue weighted by Crippen LogP contribution is 2.38. The summed E-state index contributed by atoms with van der Waals surface area (Å²) in [5, 5.41) is 12.3. The highest BCUT2D eigenvalue weighted by Gasteiger charge is 2.29. The fourth-order valence-electron chi connectivity index (χ4n) is 3.92. The first-order valence-corrected chi connectivity index (χ1v) is 9.35. The van der Waals surface area contributed by atoms with Crippen LogP contribution in [-0.2, 0) is 6.54 Å². The molecule has 2 aliphatic rings. The number of nitrogens with zero attached hydrogens (tertiary/aromatic N) is 5. The van der Waals surface area contributed by atoms with Crippen molar-refractivity contribution >= 4 is 0 Å². The van der Waals surface area contributed by atoms with E-state index in [1.165, 1.54) is 5.56 Å². The van der Waals surface area contributed by atoms with Crippen molar-refractivity contribution in [3.05, 3.63) is 59.9 Å². The third-order valence-corrected chi connectivity index (χ3v) is 5.19. The zero-order valence-corrected chi connectivity index (χ0v) is 15.0. The molecule has 3 aromatic rings. The van der Waals surface area contributed by atoms with E-state index in [4.69, 9.17) is 9.47 Å². The lowest BCUT2D eigenvalue weighted by atomic mass is 10.0. The molecule has 0 saturated carbocycles. The van der Waals surface area contributed by atoms with Gasteiger partial charge in [-0.2, -0.15) is 4.68 Å². The van der Waals surface area contributed by atoms with Crippen LogP contribution in [0.3, 0.4) is 0 Å². The molecule has 0 spiro atoms. The van der Waals surface area contributed by atoms with E-state index >= 15 is 0 Å². The summed E-state index contributed by atoms with van der Waals surface area (Å²) in [6.45, 7) is 2.96. The molecule has 27 heavy (non-hydrogen) atoms. The molecule has 0 bridgehead atoms. The van der Waals surface area contributed by atoms with Gasteiger partial charge in [0.25, 0.3) is 0 Å². The number of para-hydroxylation sites is 1. The summed E-state index contributed by atoms with van der Waals surface area (Å²) in [5.41, 5.74) is 2.24. The fourth-order valence-corrected chi connectivity index (χ4v) is 3.92. The Balaban J connectivity index is 1.39. The predicted molar refractivity (Wildman–Crippen MR) is 99.0 cm³/mol. The van der Waals surface area contributed by atoms with Gasteiger partial charge in [-0.25, -0.2) is 0 Å². The number of aromatic nitrogens is 4. The molecule has 0 amide bonds. The Kier molecular flexibility index (Phi) is 4.21. The van der Waals surface area contributed by atoms with E-state index in [-0.39, 0.29) is 0 Å². The molecule has 1 aromatic heterocycles. The summed E-state index contributed by atoms with van der Waals surface area (Å²) in [4.78, 5) is 2.44. The van der Waals surface area contributed by atoms with E-state index < -0.39 is 0 Å². The largest absolute Gasteiger partial charge is 0.486 e. The van der Waals surface area contributed by atoms with E-state index in [0.29, 0.717) is 25.8 Å². The Morgan fingerprint density at radius 2 is 1.85 bits per heavy atom. The molecule has 1 fully saturated rings. The average Bonchev–Trinajstić information content (AvgIpc) is 3.38. The second-order valence-electron chi connectivity index (χ2n) is 6.87. The molecule has 2 aliphatic heterocycles. The summed E-state index contributed by atoms with van der Waals surface area (Å²) in [7, 11) is 0. The minimum Gasteiger partial charge on any atom is -0.486 e. The van der Waals surface area contributed by atoms with Crippen LogP contribution in [0.15, 0.2) is 48.5 Å². The first kappa shape index (κ1) is 16.3. The third-order valence-electron chi connectivity index (χ3n) is 5.19. The quantitative estimate of drug-likeness (QED) is 0.710. The van der Waals surface area contributed by atoms with Gasteiger partial charge in [-0.15, -0.1) is 5.10 Å². The van der Waals surface area contributed by atoms with Crippen molar-refractivity contribution in [3.63, 3.8) is 0 Å². The van der Waals surface area contributed by atoms with Crippen molar-refractivity contribution in [2.24, 2.45) is 0 Å². The van der Waals surface area contributed by atoms with Crippen molar-refractivity contribution in [3.8, 4) is 17.2 Å². The molecule has 5 rings (SSSR count). The second kappa shape index (κ2) is 7.00. The van der Waals surface area contributed by atoms with Crippen molar-refractivity contribution in [2.45, 2.75) is 25.4 Å². The molecule has 7 heteroatoms. The summed E-state index contributed by atoms with van der Waals surface area (Å²) >= 11 is 0. The minimum absolute atomic E-state index is 0.335. The number of hydrogen-bond acceptors (Lipinski definition) is 6. The monoisotopic (exact) mass is 363 g/mol. The van der Waals surface area contributed by atoms with Crippen LogP contribution >= 0.6 is 0 Å². The van der Waals surface area contributed by atoms with Crippen LogP contribution in [0.4, 0.5) is 0 Å². The summed E-state index contributed by atoms with van der Waals surface area (Å²) in [5.74, 6) is 2.54. The van der Waals surface area contributed by atoms with Crippen LogP contribution in [0.5, 0.6) is 11.5 Å². The summed E-state index contributed by atoms with van der Waals surface area (Å²) in [6.07, 6.45) is 2.28. The van der Waals surface area contributed by atoms with Crippen LogP contribution < -0.4 is 9.47 Å². The number of hydrogen-bond donors (Lipinski definition) is 0. The van der Waals surface area contributed by atoms with E-state index in [9.17, 15) is 0 Å². The molecule has 0 unspecified atom stereocenters. The van der Waals surface area contributed by atoms with E-state index in [2.05, 4.69) is 32.6 Å². The van der Waals surface area contributed by atoms with Crippen LogP contribution in [0.1, 0.15) is 30.3 Å². The van der Waals surface area contributed by atoms with Gasteiger partial charge in [-0.3, -0.25) is 4.90 Å². The molecular formula is C20H21N5O2. The first-order chi connectivity index (χ1) is 13.4. The van der Waals surface area contributed by atoms with E-state index in [1.807, 2.05) is 41.1 Å². The average molecular weight is 363 g/mol. The maximum atomic E-state index is 5.76. The van der Waals surface area contributed by atoms with Gasteiger partial charge in [0.15, 0.2) is 17.3 Å². The Hall–Kier alpha value is -2.93. The minimum atomic E-state index is 0.335. The number of tetrazole rings is 1. The zero-order chi connectivity index (χ0) is 18.1. The fraction of sp³-hybridized carbons (Fsp3) is 0.350. The number of likely N-dealkylation sites (tertiary alicyclic amines) is 1. The Morgan fingerprint density at radius 1 is 1.00 bits per heavy atom. The zero-order valence-electron chi connectivity index (χ0n) is 15.0. The molecule has 1 atom stereocenters. The molecule has 0 radical (unpaired) electrons. The number of ether oxygens (including phenoxy) is 2. The summed E-state index contributed by atoms with van der Waals surface area (Å²) in [6, 6.07) is 16.6. The van der Waals surface area contributed by atoms with Gasteiger partial charge in [-0.1, -0.05) is 24.3 Å². The van der Waals surface area contributed by atoms with Crippen molar-refractivity contribution in [1.29, 1.82) is 0 Å². The first-order valence-electron chi connectivity index (χ1n) is 9.35. The lowest BCUT2D eigenvalue weighted by Crippen LogP contribution is -2.25. The maximum absolute atomic E-state index is 5.76. The van der Waals surface area contributed by atoms with Crippen molar-refractivity contribution < 1.29 is 9.47 Å². The molecule has 2 aromatic carbocycles. The molecular weight excluding hydrogens is 342 g/mol. The van der Waals surface area contributed by atoms with Gasteiger partial charge in [0.1, 0.15) is 13.2 Å². The van der Waals surface area contributed by atoms with Crippen LogP contribution in [0.2, 0.25) is 0 Å². The topological polar surface area (TPSA) is 65.3 Å². The third kappa shape index (κ3) is 3.14. The molecule has 138 valence electrons. The Bertz CT molecular complexity index is 927. The molecule has 0 aliphatic carbocycles. The van der Waals surface area contributed by atoms with Gasteiger partial charge in [0.05, 0.1) is 12.2 Å². The predicted octanol–water partition coefficient (Wildman–Crippen LogP) is 2.77. The number of rotatable bonds is 4. The van der Waals surface area contributed by atoms with Gasteiger partial charge in [-0.05, 0) is 59.6 Å². The molecule has 7 nitrogen and oxygen atoms in total. The molecule has 1 saturated heterocycles. The lowest BCUT2D eigenvalue weighted by Gasteiger charge is -2.26. The van der Waals surface area contributed by atoms with Gasteiger partial charge in [0.2, 0.25) is 0 Å². The van der Waals surface area contributed by atoms with E-state index in [1.54, 1.807) is 0 Å². The normalized spacial score (nSPS) is 19.3. The van der Waals surface area contributed by atoms with E-state index in [0.717, 1.165) is 42.4 Å². The Labute approximate surface area is 157 Å². The second-order valence-corrected chi connectivity index (χ2v) is 6.87. The van der Waals surface area contributed by atoms with Gasteiger partial charge in [0, 0.05) is 6.04 Å². The number of fused-ring (bicyclic) bond motifs is 1. The Morgan fingerprint density at radius 3 is 2.74 bits per heavy atom. The highest BCUT2D eigenvalue weighted by atomic mass is 16.6. The smallest absolute Gasteiger partial charge is 0.170 e. The van der Waals surface area contributed by atoms with Crippen LogP contribution in [-0.4, -0.2) is 44.9 Å². The van der Waals surface area contributed by atoms with Gasteiger partial charge >= 0.3 is 0 Å². The standard InChI is InChI=1S/C20H21N5O2/c1-2-5-16(6-3-1)25-20(21-22-23-25)14-24-10-4-7-17(24)15-8-9-18-19(13-15)27-12-11-26-18/h1-3,5-6,8-9,13,17H,4,7,10-12,14H2/t17-/m1/s1. The molecule has 0 N–H and O–H groups in total. The van der Waals surface area contributed by atoms with Crippen molar-refractivity contribution in [1.82, 2.24) is 25.1 Å². The molecule has 3 heterocycles. The number of benzene rings is 2. The SMILES string of the molecule is c1ccc(-n2nnnc2CN2CCC[C@@H]2c2ccc3c(c2)OCCO3)cc1. The lowest BCUT2D eigenvalue weighted by molar-refractivity contribution is 0.170. The van der Waals surface area contributed by atoms with Crippen LogP contribution in [0, 0.1) is 0 Å². The maximum Gasteiger partial charge on any atom is 0.170 e.